The molecule has 0 aliphatic rings. The van der Waals surface area contributed by atoms with Crippen LogP contribution >= 0.6 is 0 Å². The molecule has 0 atom stereocenters. The van der Waals surface area contributed by atoms with Gasteiger partial charge in [0.1, 0.15) is 11.2 Å². The molecule has 0 N–H and O–H groups in total. The molecule has 61 heavy (non-hydrogen) atoms. The lowest BCUT2D eigenvalue weighted by Crippen LogP contribution is -1.97. The summed E-state index contributed by atoms with van der Waals surface area (Å²) in [5.74, 6) is 0.703. The number of nitrogens with zero attached hydrogens (tertiary/aromatic N) is 4. The van der Waals surface area contributed by atoms with E-state index in [0.717, 1.165) is 77.6 Å². The number of fused-ring (bicyclic) bond motifs is 12. The van der Waals surface area contributed by atoms with Crippen molar-refractivity contribution in [2.75, 3.05) is 0 Å². The van der Waals surface area contributed by atoms with E-state index in [1.165, 1.54) is 38.2 Å². The summed E-state index contributed by atoms with van der Waals surface area (Å²) >= 11 is 0. The van der Waals surface area contributed by atoms with Gasteiger partial charge in [0.15, 0.2) is 5.82 Å². The molecule has 0 fully saturated rings. The van der Waals surface area contributed by atoms with Crippen LogP contribution in [0.2, 0.25) is 0 Å². The first kappa shape index (κ1) is 33.7. The summed E-state index contributed by atoms with van der Waals surface area (Å²) in [5, 5.41) is 8.05. The third-order valence-corrected chi connectivity index (χ3v) is 12.3. The van der Waals surface area contributed by atoms with Gasteiger partial charge in [-0.1, -0.05) is 133 Å². The molecule has 284 valence electrons. The lowest BCUT2D eigenvalue weighted by molar-refractivity contribution is 0.669. The highest BCUT2D eigenvalue weighted by Crippen LogP contribution is 2.46. The van der Waals surface area contributed by atoms with Crippen molar-refractivity contribution in [1.82, 2.24) is 19.1 Å². The van der Waals surface area contributed by atoms with Gasteiger partial charge < -0.3 is 13.6 Å². The summed E-state index contributed by atoms with van der Waals surface area (Å²) in [6.07, 6.45) is 0. The van der Waals surface area contributed by atoms with E-state index < -0.39 is 0 Å². The van der Waals surface area contributed by atoms with E-state index in [2.05, 4.69) is 191 Å². The fourth-order valence-corrected chi connectivity index (χ4v) is 9.60. The Morgan fingerprint density at radius 1 is 0.328 bits per heavy atom. The Kier molecular flexibility index (Phi) is 7.24. The van der Waals surface area contributed by atoms with E-state index in [-0.39, 0.29) is 0 Å². The van der Waals surface area contributed by atoms with Gasteiger partial charge in [-0.25, -0.2) is 9.97 Å². The monoisotopic (exact) mass is 778 g/mol. The Bertz CT molecular complexity index is 3840. The molecule has 4 aromatic heterocycles. The van der Waals surface area contributed by atoms with Crippen molar-refractivity contribution in [1.29, 1.82) is 0 Å². The number of rotatable bonds is 5. The Labute approximate surface area is 350 Å². The molecular formula is C56H34N4O. The van der Waals surface area contributed by atoms with Crippen LogP contribution in [0.15, 0.2) is 211 Å². The van der Waals surface area contributed by atoms with Gasteiger partial charge in [0.25, 0.3) is 0 Å². The molecule has 0 saturated heterocycles. The minimum Gasteiger partial charge on any atom is -0.456 e. The summed E-state index contributed by atoms with van der Waals surface area (Å²) in [6, 6.07) is 73.1. The highest BCUT2D eigenvalue weighted by molar-refractivity contribution is 6.31. The minimum absolute atomic E-state index is 0.703. The molecule has 0 amide bonds. The molecule has 13 aromatic rings. The number of benzene rings is 9. The third-order valence-electron chi connectivity index (χ3n) is 12.3. The minimum atomic E-state index is 0.703. The summed E-state index contributed by atoms with van der Waals surface area (Å²) in [7, 11) is 0. The average Bonchev–Trinajstić information content (AvgIpc) is 3.99. The van der Waals surface area contributed by atoms with Crippen LogP contribution < -0.4 is 0 Å². The van der Waals surface area contributed by atoms with Gasteiger partial charge in [0, 0.05) is 54.8 Å². The van der Waals surface area contributed by atoms with Crippen LogP contribution in [0.5, 0.6) is 0 Å². The summed E-state index contributed by atoms with van der Waals surface area (Å²) in [5.41, 5.74) is 14.8. The van der Waals surface area contributed by atoms with Crippen molar-refractivity contribution >= 4 is 76.5 Å². The number of hydrogen-bond donors (Lipinski definition) is 0. The van der Waals surface area contributed by atoms with Gasteiger partial charge in [-0.2, -0.15) is 0 Å². The molecule has 0 aliphatic heterocycles. The maximum absolute atomic E-state index is 6.51. The third kappa shape index (κ3) is 5.08. The number of para-hydroxylation sites is 3. The van der Waals surface area contributed by atoms with Crippen LogP contribution in [0, 0.1) is 0 Å². The molecule has 9 aromatic carbocycles. The molecule has 0 saturated carbocycles. The SMILES string of the molecule is c1ccc(-c2ccc(-n3c4c(ccc5oc6ccccc6c54)c4ccc5c(c6ccccc6n5-c5ccc(-c6nc(-c7ccccc7)c7ccccc7n6)cc5)c43)cc2)cc1. The summed E-state index contributed by atoms with van der Waals surface area (Å²) in [6.45, 7) is 0. The van der Waals surface area contributed by atoms with Crippen LogP contribution in [0.25, 0.3) is 122 Å². The van der Waals surface area contributed by atoms with Crippen LogP contribution in [0.1, 0.15) is 0 Å². The van der Waals surface area contributed by atoms with Gasteiger partial charge in [-0.3, -0.25) is 0 Å². The topological polar surface area (TPSA) is 48.8 Å². The molecule has 0 bridgehead atoms. The fraction of sp³-hybridized carbons (Fsp3) is 0. The van der Waals surface area contributed by atoms with Crippen molar-refractivity contribution < 1.29 is 4.42 Å². The Balaban J connectivity index is 1.06. The van der Waals surface area contributed by atoms with E-state index in [0.29, 0.717) is 5.82 Å². The van der Waals surface area contributed by atoms with Crippen LogP contribution in [0.3, 0.4) is 0 Å². The first-order chi connectivity index (χ1) is 30.3. The van der Waals surface area contributed by atoms with Crippen molar-refractivity contribution in [3.63, 3.8) is 0 Å². The van der Waals surface area contributed by atoms with E-state index >= 15 is 0 Å². The van der Waals surface area contributed by atoms with Crippen molar-refractivity contribution in [3.05, 3.63) is 206 Å². The zero-order valence-corrected chi connectivity index (χ0v) is 32.8. The quantitative estimate of drug-likeness (QED) is 0.175. The number of furan rings is 1. The Morgan fingerprint density at radius 2 is 0.902 bits per heavy atom. The molecule has 5 nitrogen and oxygen atoms in total. The van der Waals surface area contributed by atoms with Crippen LogP contribution in [-0.4, -0.2) is 19.1 Å². The van der Waals surface area contributed by atoms with Gasteiger partial charge in [0.05, 0.1) is 38.7 Å². The van der Waals surface area contributed by atoms with Gasteiger partial charge in [-0.15, -0.1) is 0 Å². The Hall–Kier alpha value is -8.28. The predicted molar refractivity (Wildman–Crippen MR) is 252 cm³/mol. The first-order valence-corrected chi connectivity index (χ1v) is 20.7. The summed E-state index contributed by atoms with van der Waals surface area (Å²) in [4.78, 5) is 10.2. The second kappa shape index (κ2) is 13.1. The standard InChI is InChI=1S/C56H34N4O/c1-3-13-35(14-4-1)36-23-27-40(28-24-36)60-54-41(42-32-34-50-52(55(42)60)45-19-9-12-22-49(45)61-50)31-33-48-51(54)44-18-8-11-21-47(44)59(48)39-29-25-38(26-30-39)56-57-46-20-10-7-17-43(46)53(58-56)37-15-5-2-6-16-37/h1-34H. The molecule has 0 aliphatic carbocycles. The second-order valence-corrected chi connectivity index (χ2v) is 15.7. The summed E-state index contributed by atoms with van der Waals surface area (Å²) < 4.78 is 11.4. The molecule has 0 radical (unpaired) electrons. The van der Waals surface area contributed by atoms with E-state index in [1.54, 1.807) is 0 Å². The van der Waals surface area contributed by atoms with Crippen molar-refractivity contribution in [3.8, 4) is 45.1 Å². The highest BCUT2D eigenvalue weighted by Gasteiger charge is 2.24. The molecule has 0 spiro atoms. The lowest BCUT2D eigenvalue weighted by Gasteiger charge is -2.12. The molecule has 0 unspecified atom stereocenters. The zero-order chi connectivity index (χ0) is 40.0. The van der Waals surface area contributed by atoms with Crippen LogP contribution in [0.4, 0.5) is 0 Å². The average molecular weight is 779 g/mol. The van der Waals surface area contributed by atoms with Crippen molar-refractivity contribution in [2.24, 2.45) is 0 Å². The van der Waals surface area contributed by atoms with Crippen LogP contribution in [-0.2, 0) is 0 Å². The first-order valence-electron chi connectivity index (χ1n) is 20.7. The smallest absolute Gasteiger partial charge is 0.160 e. The number of hydrogen-bond acceptors (Lipinski definition) is 3. The Morgan fingerprint density at radius 3 is 1.67 bits per heavy atom. The maximum Gasteiger partial charge on any atom is 0.160 e. The molecule has 4 heterocycles. The van der Waals surface area contributed by atoms with Gasteiger partial charge in [0.2, 0.25) is 0 Å². The van der Waals surface area contributed by atoms with E-state index in [4.69, 9.17) is 14.4 Å². The predicted octanol–water partition coefficient (Wildman–Crippen LogP) is 14.7. The fourth-order valence-electron chi connectivity index (χ4n) is 9.60. The van der Waals surface area contributed by atoms with E-state index in [1.807, 2.05) is 24.3 Å². The van der Waals surface area contributed by atoms with Crippen molar-refractivity contribution in [2.45, 2.75) is 0 Å². The lowest BCUT2D eigenvalue weighted by atomic mass is 10.1. The zero-order valence-electron chi connectivity index (χ0n) is 32.8. The van der Waals surface area contributed by atoms with E-state index in [9.17, 15) is 0 Å². The molecule has 13 rings (SSSR count). The maximum atomic E-state index is 6.51. The molecule has 5 heteroatoms. The normalized spacial score (nSPS) is 11.9. The van der Waals surface area contributed by atoms with Gasteiger partial charge in [-0.05, 0) is 83.9 Å². The molecular weight excluding hydrogens is 745 g/mol. The highest BCUT2D eigenvalue weighted by atomic mass is 16.3. The van der Waals surface area contributed by atoms with Gasteiger partial charge >= 0.3 is 0 Å². The number of aromatic nitrogens is 4. The second-order valence-electron chi connectivity index (χ2n) is 15.7. The largest absolute Gasteiger partial charge is 0.456 e.